The average Bonchev–Trinajstić information content (AvgIpc) is 3.00. The topological polar surface area (TPSA) is 132 Å². The second-order valence-electron chi connectivity index (χ2n) is 8.93. The lowest BCUT2D eigenvalue weighted by atomic mass is 10.0. The van der Waals surface area contributed by atoms with Crippen LogP contribution >= 0.6 is 15.9 Å². The molecule has 0 aliphatic rings. The number of aliphatic hydroxyl groups excluding tert-OH is 1. The lowest BCUT2D eigenvalue weighted by Gasteiger charge is -2.26. The summed E-state index contributed by atoms with van der Waals surface area (Å²) in [5.74, 6) is 0.590. The van der Waals surface area contributed by atoms with Crippen molar-refractivity contribution >= 4 is 45.0 Å². The monoisotopic (exact) mass is 631 g/mol. The van der Waals surface area contributed by atoms with Crippen LogP contribution < -0.4 is 25.8 Å². The lowest BCUT2D eigenvalue weighted by Crippen LogP contribution is -2.30. The van der Waals surface area contributed by atoms with Gasteiger partial charge >= 0.3 is 6.09 Å². The molecule has 5 N–H and O–H groups in total. The summed E-state index contributed by atoms with van der Waals surface area (Å²) in [4.78, 5) is 25.9. The summed E-state index contributed by atoms with van der Waals surface area (Å²) in [6.45, 7) is 0.0105. The molecule has 4 aromatic carbocycles. The zero-order valence-electron chi connectivity index (χ0n) is 22.5. The van der Waals surface area contributed by atoms with E-state index in [1.165, 1.54) is 12.2 Å². The fourth-order valence-electron chi connectivity index (χ4n) is 3.86. The first kappa shape index (κ1) is 30.2. The number of rotatable bonds is 12. The van der Waals surface area contributed by atoms with Gasteiger partial charge < -0.3 is 30.4 Å². The maximum atomic E-state index is 13.1. The molecule has 4 rings (SSSR count). The molecule has 10 heteroatoms. The van der Waals surface area contributed by atoms with Gasteiger partial charge in [-0.25, -0.2) is 4.79 Å². The van der Waals surface area contributed by atoms with Crippen molar-refractivity contribution in [2.75, 3.05) is 29.6 Å². The Morgan fingerprint density at radius 1 is 0.857 bits per heavy atom. The van der Waals surface area contributed by atoms with Gasteiger partial charge in [-0.2, -0.15) is 0 Å². The third kappa shape index (κ3) is 9.12. The molecule has 0 aromatic heterocycles. The number of aliphatic hydroxyl groups is 1. The first-order valence-electron chi connectivity index (χ1n) is 13.0. The van der Waals surface area contributed by atoms with E-state index in [-0.39, 0.29) is 13.2 Å². The second-order valence-corrected chi connectivity index (χ2v) is 9.85. The minimum atomic E-state index is -0.988. The number of nitrogens with two attached hydrogens (primary N) is 1. The molecule has 0 spiro atoms. The number of para-hydroxylation sites is 3. The van der Waals surface area contributed by atoms with Gasteiger partial charge in [0.2, 0.25) is 5.91 Å². The summed E-state index contributed by atoms with van der Waals surface area (Å²) >= 11 is 3.38. The zero-order chi connectivity index (χ0) is 29.7. The van der Waals surface area contributed by atoms with Crippen molar-refractivity contribution in [1.29, 1.82) is 0 Å². The highest BCUT2D eigenvalue weighted by atomic mass is 79.9. The molecule has 0 saturated heterocycles. The Morgan fingerprint density at radius 2 is 1.55 bits per heavy atom. The van der Waals surface area contributed by atoms with Crippen LogP contribution in [0.25, 0.3) is 0 Å². The fourth-order valence-corrected chi connectivity index (χ4v) is 4.13. The highest BCUT2D eigenvalue weighted by Gasteiger charge is 2.28. The zero-order valence-corrected chi connectivity index (χ0v) is 24.1. The highest BCUT2D eigenvalue weighted by molar-refractivity contribution is 9.10. The van der Waals surface area contributed by atoms with Crippen LogP contribution in [0, 0.1) is 0 Å². The van der Waals surface area contributed by atoms with Crippen molar-refractivity contribution in [3.05, 3.63) is 125 Å². The van der Waals surface area contributed by atoms with E-state index >= 15 is 0 Å². The van der Waals surface area contributed by atoms with Gasteiger partial charge in [-0.1, -0.05) is 58.4 Å². The smallest absolute Gasteiger partial charge is 0.412 e. The molecule has 2 atom stereocenters. The third-order valence-corrected chi connectivity index (χ3v) is 6.39. The number of carbonyl (C=O) groups is 2. The molecule has 0 aliphatic carbocycles. The maximum Gasteiger partial charge on any atom is 0.412 e. The summed E-state index contributed by atoms with van der Waals surface area (Å²) in [6, 6.07) is 29.8. The van der Waals surface area contributed by atoms with Gasteiger partial charge in [-0.05, 0) is 72.3 Å². The molecule has 0 aliphatic heterocycles. The number of amides is 2. The summed E-state index contributed by atoms with van der Waals surface area (Å²) in [7, 11) is 0. The van der Waals surface area contributed by atoms with Crippen molar-refractivity contribution in [1.82, 2.24) is 0 Å². The van der Waals surface area contributed by atoms with Crippen LogP contribution in [0.5, 0.6) is 11.5 Å². The molecule has 42 heavy (non-hydrogen) atoms. The van der Waals surface area contributed by atoms with Crippen molar-refractivity contribution < 1.29 is 28.9 Å². The van der Waals surface area contributed by atoms with E-state index in [1.54, 1.807) is 84.9 Å². The van der Waals surface area contributed by atoms with E-state index in [2.05, 4.69) is 26.6 Å². The first-order chi connectivity index (χ1) is 20.4. The fraction of sp³-hybridized carbons (Fsp3) is 0.125. The second kappa shape index (κ2) is 15.3. The predicted molar refractivity (Wildman–Crippen MR) is 165 cm³/mol. The van der Waals surface area contributed by atoms with Crippen LogP contribution in [-0.4, -0.2) is 36.4 Å². The minimum absolute atomic E-state index is 0.127. The molecule has 0 bridgehead atoms. The Hall–Kier alpha value is -4.80. The highest BCUT2D eigenvalue weighted by Crippen LogP contribution is 2.29. The SMILES string of the molecule is Nc1ccccc1NC(=O)/C=C/[C@H](Oc1ccccc1)[C@@H](OC(=O)Nc1ccc(Br)cc1)c1ccc(OCCO)cc1. The molecule has 0 fully saturated rings. The van der Waals surface area contributed by atoms with Crippen molar-refractivity contribution in [3.63, 3.8) is 0 Å². The number of ether oxygens (including phenoxy) is 3. The number of carbonyl (C=O) groups excluding carboxylic acids is 2. The Bertz CT molecular complexity index is 1480. The Labute approximate surface area is 252 Å². The largest absolute Gasteiger partial charge is 0.491 e. The van der Waals surface area contributed by atoms with E-state index in [1.807, 2.05) is 18.2 Å². The Morgan fingerprint density at radius 3 is 2.24 bits per heavy atom. The number of halogens is 1. The van der Waals surface area contributed by atoms with Crippen LogP contribution in [0.1, 0.15) is 11.7 Å². The van der Waals surface area contributed by atoms with Crippen molar-refractivity contribution in [2.45, 2.75) is 12.2 Å². The van der Waals surface area contributed by atoms with Gasteiger partial charge in [-0.15, -0.1) is 0 Å². The first-order valence-corrected chi connectivity index (χ1v) is 13.8. The van der Waals surface area contributed by atoms with Gasteiger partial charge in [0.25, 0.3) is 0 Å². The molecule has 0 saturated carbocycles. The molecular formula is C32H30BrN3O6. The predicted octanol–water partition coefficient (Wildman–Crippen LogP) is 6.33. The van der Waals surface area contributed by atoms with Crippen LogP contribution in [0.15, 0.2) is 120 Å². The van der Waals surface area contributed by atoms with Crippen LogP contribution in [0.2, 0.25) is 0 Å². The van der Waals surface area contributed by atoms with Gasteiger partial charge in [-0.3, -0.25) is 10.1 Å². The van der Waals surface area contributed by atoms with Crippen LogP contribution in [0.4, 0.5) is 21.9 Å². The van der Waals surface area contributed by atoms with E-state index in [0.717, 1.165) is 4.47 Å². The maximum absolute atomic E-state index is 13.1. The number of hydrogen-bond donors (Lipinski definition) is 4. The summed E-state index contributed by atoms with van der Waals surface area (Å²) < 4.78 is 18.5. The number of anilines is 3. The molecule has 0 heterocycles. The number of benzene rings is 4. The number of nitrogens with one attached hydrogen (secondary N) is 2. The third-order valence-electron chi connectivity index (χ3n) is 5.86. The van der Waals surface area contributed by atoms with Gasteiger partial charge in [0.15, 0.2) is 12.2 Å². The number of hydrogen-bond acceptors (Lipinski definition) is 7. The van der Waals surface area contributed by atoms with Gasteiger partial charge in [0, 0.05) is 16.2 Å². The van der Waals surface area contributed by atoms with Gasteiger partial charge in [0.1, 0.15) is 18.1 Å². The van der Waals surface area contributed by atoms with Crippen LogP contribution in [0.3, 0.4) is 0 Å². The number of nitrogen functional groups attached to an aromatic ring is 1. The molecule has 2 amide bonds. The molecule has 4 aromatic rings. The molecule has 9 nitrogen and oxygen atoms in total. The molecule has 216 valence electrons. The van der Waals surface area contributed by atoms with E-state index in [9.17, 15) is 9.59 Å². The molecule has 0 unspecified atom stereocenters. The van der Waals surface area contributed by atoms with Gasteiger partial charge in [0.05, 0.1) is 18.0 Å². The quantitative estimate of drug-likeness (QED) is 0.106. The van der Waals surface area contributed by atoms with Crippen molar-refractivity contribution in [2.24, 2.45) is 0 Å². The summed E-state index contributed by atoms with van der Waals surface area (Å²) in [5, 5.41) is 14.5. The lowest BCUT2D eigenvalue weighted by molar-refractivity contribution is -0.112. The van der Waals surface area contributed by atoms with E-state index in [4.69, 9.17) is 25.1 Å². The average molecular weight is 633 g/mol. The van der Waals surface area contributed by atoms with Crippen LogP contribution in [-0.2, 0) is 9.53 Å². The Kier molecular flexibility index (Phi) is 11.0. The summed E-state index contributed by atoms with van der Waals surface area (Å²) in [6.07, 6.45) is 0.195. The van der Waals surface area contributed by atoms with E-state index < -0.39 is 24.2 Å². The standard InChI is InChI=1S/C32H30BrN3O6/c33-23-12-14-24(15-13-23)35-32(39)42-31(22-10-16-25(17-11-22)40-21-20-37)29(41-26-6-2-1-3-7-26)18-19-30(38)36-28-9-5-4-8-27(28)34/h1-19,29,31,37H,20-21,34H2,(H,35,39)(H,36,38)/b19-18+/t29-,31-/m0/s1. The van der Waals surface area contributed by atoms with E-state index in [0.29, 0.717) is 34.1 Å². The normalized spacial score (nSPS) is 12.2. The molecular weight excluding hydrogens is 602 g/mol. The molecule has 0 radical (unpaired) electrons. The van der Waals surface area contributed by atoms with Crippen molar-refractivity contribution in [3.8, 4) is 11.5 Å². The summed E-state index contributed by atoms with van der Waals surface area (Å²) in [5.41, 5.74) is 7.97. The minimum Gasteiger partial charge on any atom is -0.491 e. The Balaban J connectivity index is 1.64.